The van der Waals surface area contributed by atoms with Crippen molar-refractivity contribution in [3.05, 3.63) is 29.3 Å². The lowest BCUT2D eigenvalue weighted by molar-refractivity contribution is -0.136. The molecule has 7 heteroatoms. The minimum absolute atomic E-state index is 0.151. The molecule has 0 aliphatic heterocycles. The highest BCUT2D eigenvalue weighted by molar-refractivity contribution is 5.99. The number of nitrogen functional groups attached to an aromatic ring is 1. The zero-order chi connectivity index (χ0) is 15.9. The predicted molar refractivity (Wildman–Crippen MR) is 73.9 cm³/mol. The van der Waals surface area contributed by atoms with Crippen LogP contribution in [0.25, 0.3) is 0 Å². The van der Waals surface area contributed by atoms with E-state index in [2.05, 4.69) is 5.32 Å². The van der Waals surface area contributed by atoms with Gasteiger partial charge in [0.1, 0.15) is 0 Å². The fourth-order valence-electron chi connectivity index (χ4n) is 1.86. The third-order valence-electron chi connectivity index (χ3n) is 2.97. The monoisotopic (exact) mass is 304 g/mol. The molecule has 0 atom stereocenters. The van der Waals surface area contributed by atoms with Gasteiger partial charge in [0, 0.05) is 20.3 Å². The molecule has 21 heavy (non-hydrogen) atoms. The van der Waals surface area contributed by atoms with Crippen LogP contribution in [-0.2, 0) is 10.9 Å². The molecule has 4 nitrogen and oxygen atoms in total. The number of ether oxygens (including phenoxy) is 1. The molecule has 118 valence electrons. The molecule has 0 aromatic heterocycles. The summed E-state index contributed by atoms with van der Waals surface area (Å²) in [6.07, 6.45) is -2.10. The Kier molecular flexibility index (Phi) is 6.48. The number of hydrogen-bond acceptors (Lipinski definition) is 3. The minimum Gasteiger partial charge on any atom is -0.398 e. The summed E-state index contributed by atoms with van der Waals surface area (Å²) in [5.41, 5.74) is 3.76. The number of carbonyl (C=O) groups is 1. The van der Waals surface area contributed by atoms with Gasteiger partial charge in [0.2, 0.25) is 0 Å². The number of anilines is 1. The predicted octanol–water partition coefficient (Wildman–Crippen LogP) is 2.83. The Hall–Kier alpha value is -1.76. The summed E-state index contributed by atoms with van der Waals surface area (Å²) in [5, 5.41) is 2.57. The first kappa shape index (κ1) is 17.3. The molecule has 0 radical (unpaired) electrons. The second kappa shape index (κ2) is 7.87. The SMILES string of the molecule is COCCCCCNC(=O)c1cccc(C(F)(F)F)c1N. The van der Waals surface area contributed by atoms with Crippen molar-refractivity contribution >= 4 is 11.6 Å². The number of benzene rings is 1. The molecule has 0 fully saturated rings. The highest BCUT2D eigenvalue weighted by Crippen LogP contribution is 2.34. The van der Waals surface area contributed by atoms with E-state index < -0.39 is 23.3 Å². The van der Waals surface area contributed by atoms with Crippen LogP contribution in [0.2, 0.25) is 0 Å². The second-order valence-corrected chi connectivity index (χ2v) is 4.57. The molecule has 0 unspecified atom stereocenters. The zero-order valence-corrected chi connectivity index (χ0v) is 11.8. The molecule has 1 rings (SSSR count). The van der Waals surface area contributed by atoms with Gasteiger partial charge in [-0.25, -0.2) is 0 Å². The van der Waals surface area contributed by atoms with E-state index in [9.17, 15) is 18.0 Å². The number of para-hydroxylation sites is 1. The van der Waals surface area contributed by atoms with Crippen molar-refractivity contribution in [2.24, 2.45) is 0 Å². The number of halogens is 3. The summed E-state index contributed by atoms with van der Waals surface area (Å²) in [6, 6.07) is 3.31. The van der Waals surface area contributed by atoms with Crippen molar-refractivity contribution in [2.45, 2.75) is 25.4 Å². The van der Waals surface area contributed by atoms with Crippen LogP contribution >= 0.6 is 0 Å². The first-order valence-corrected chi connectivity index (χ1v) is 6.60. The Morgan fingerprint density at radius 2 is 2.00 bits per heavy atom. The molecule has 0 spiro atoms. The summed E-state index contributed by atoms with van der Waals surface area (Å²) in [7, 11) is 1.61. The largest absolute Gasteiger partial charge is 0.418 e. The molecular formula is C14H19F3N2O2. The summed E-state index contributed by atoms with van der Waals surface area (Å²) < 4.78 is 43.0. The lowest BCUT2D eigenvalue weighted by Gasteiger charge is -2.13. The average Bonchev–Trinajstić information content (AvgIpc) is 2.41. The fourth-order valence-corrected chi connectivity index (χ4v) is 1.86. The highest BCUT2D eigenvalue weighted by Gasteiger charge is 2.34. The van der Waals surface area contributed by atoms with E-state index in [1.165, 1.54) is 12.1 Å². The molecule has 0 aliphatic rings. The first-order chi connectivity index (χ1) is 9.88. The number of rotatable bonds is 7. The molecule has 0 bridgehead atoms. The summed E-state index contributed by atoms with van der Waals surface area (Å²) >= 11 is 0. The van der Waals surface area contributed by atoms with E-state index >= 15 is 0 Å². The maximum absolute atomic E-state index is 12.7. The van der Waals surface area contributed by atoms with Crippen molar-refractivity contribution in [3.63, 3.8) is 0 Å². The van der Waals surface area contributed by atoms with Crippen LogP contribution in [0.4, 0.5) is 18.9 Å². The number of amides is 1. The van der Waals surface area contributed by atoms with Gasteiger partial charge >= 0.3 is 6.18 Å². The van der Waals surface area contributed by atoms with Gasteiger partial charge in [-0.3, -0.25) is 4.79 Å². The summed E-state index contributed by atoms with van der Waals surface area (Å²) in [5.74, 6) is -0.592. The number of methoxy groups -OCH3 is 1. The molecule has 0 saturated heterocycles. The van der Waals surface area contributed by atoms with Crippen molar-refractivity contribution in [1.82, 2.24) is 5.32 Å². The third kappa shape index (κ3) is 5.26. The second-order valence-electron chi connectivity index (χ2n) is 4.57. The molecule has 1 amide bonds. The Morgan fingerprint density at radius 1 is 1.29 bits per heavy atom. The maximum Gasteiger partial charge on any atom is 0.418 e. The first-order valence-electron chi connectivity index (χ1n) is 6.60. The van der Waals surface area contributed by atoms with Crippen LogP contribution < -0.4 is 11.1 Å². The highest BCUT2D eigenvalue weighted by atomic mass is 19.4. The normalized spacial score (nSPS) is 11.4. The van der Waals surface area contributed by atoms with Gasteiger partial charge in [0.05, 0.1) is 16.8 Å². The van der Waals surface area contributed by atoms with E-state index in [4.69, 9.17) is 10.5 Å². The van der Waals surface area contributed by atoms with E-state index in [-0.39, 0.29) is 5.56 Å². The Balaban J connectivity index is 2.59. The van der Waals surface area contributed by atoms with E-state index in [0.717, 1.165) is 25.3 Å². The molecule has 0 saturated carbocycles. The lowest BCUT2D eigenvalue weighted by atomic mass is 10.1. The molecule has 3 N–H and O–H groups in total. The quantitative estimate of drug-likeness (QED) is 0.601. The number of nitrogens with one attached hydrogen (secondary N) is 1. The van der Waals surface area contributed by atoms with Crippen LogP contribution in [0.15, 0.2) is 18.2 Å². The molecular weight excluding hydrogens is 285 g/mol. The van der Waals surface area contributed by atoms with Gasteiger partial charge in [0.25, 0.3) is 5.91 Å². The molecule has 0 aliphatic carbocycles. The molecule has 1 aromatic carbocycles. The fraction of sp³-hybridized carbons (Fsp3) is 0.500. The van der Waals surface area contributed by atoms with Gasteiger partial charge in [-0.2, -0.15) is 13.2 Å². The summed E-state index contributed by atoms with van der Waals surface area (Å²) in [6.45, 7) is 1.03. The number of alkyl halides is 3. The van der Waals surface area contributed by atoms with Gasteiger partial charge < -0.3 is 15.8 Å². The topological polar surface area (TPSA) is 64.3 Å². The van der Waals surface area contributed by atoms with Crippen molar-refractivity contribution in [1.29, 1.82) is 0 Å². The van der Waals surface area contributed by atoms with Crippen molar-refractivity contribution < 1.29 is 22.7 Å². The standard InChI is InChI=1S/C14H19F3N2O2/c1-21-9-4-2-3-8-19-13(20)10-6-5-7-11(12(10)18)14(15,16)17/h5-7H,2-4,8-9,18H2,1H3,(H,19,20). The minimum atomic E-state index is -4.57. The Labute approximate surface area is 121 Å². The Bertz CT molecular complexity index is 476. The van der Waals surface area contributed by atoms with Crippen LogP contribution in [0, 0.1) is 0 Å². The number of carbonyl (C=O) groups excluding carboxylic acids is 1. The van der Waals surface area contributed by atoms with Gasteiger partial charge in [-0.15, -0.1) is 0 Å². The van der Waals surface area contributed by atoms with E-state index in [0.29, 0.717) is 13.2 Å². The smallest absolute Gasteiger partial charge is 0.398 e. The number of hydrogen-bond donors (Lipinski definition) is 2. The van der Waals surface area contributed by atoms with Crippen LogP contribution in [0.5, 0.6) is 0 Å². The van der Waals surface area contributed by atoms with Gasteiger partial charge in [-0.1, -0.05) is 6.07 Å². The van der Waals surface area contributed by atoms with Gasteiger partial charge in [0.15, 0.2) is 0 Å². The van der Waals surface area contributed by atoms with Gasteiger partial charge in [-0.05, 0) is 31.4 Å². The molecule has 1 aromatic rings. The van der Waals surface area contributed by atoms with E-state index in [1.807, 2.05) is 0 Å². The van der Waals surface area contributed by atoms with Crippen LogP contribution in [0.3, 0.4) is 0 Å². The molecule has 0 heterocycles. The van der Waals surface area contributed by atoms with Crippen LogP contribution in [-0.4, -0.2) is 26.2 Å². The van der Waals surface area contributed by atoms with Crippen molar-refractivity contribution in [3.8, 4) is 0 Å². The third-order valence-corrected chi connectivity index (χ3v) is 2.97. The van der Waals surface area contributed by atoms with Crippen LogP contribution in [0.1, 0.15) is 35.2 Å². The maximum atomic E-state index is 12.7. The lowest BCUT2D eigenvalue weighted by Crippen LogP contribution is -2.26. The average molecular weight is 304 g/mol. The van der Waals surface area contributed by atoms with E-state index in [1.54, 1.807) is 7.11 Å². The van der Waals surface area contributed by atoms with Crippen molar-refractivity contribution in [2.75, 3.05) is 26.0 Å². The summed E-state index contributed by atoms with van der Waals surface area (Å²) in [4.78, 5) is 11.9. The zero-order valence-electron chi connectivity index (χ0n) is 11.8. The Morgan fingerprint density at radius 3 is 2.62 bits per heavy atom. The number of unbranched alkanes of at least 4 members (excludes halogenated alkanes) is 2. The number of nitrogens with two attached hydrogens (primary N) is 1.